The van der Waals surface area contributed by atoms with Crippen molar-refractivity contribution < 1.29 is 19.1 Å². The Kier molecular flexibility index (Phi) is 4.06. The Hall–Kier alpha value is -1.91. The van der Waals surface area contributed by atoms with Gasteiger partial charge in [0, 0.05) is 0 Å². The fourth-order valence-corrected chi connectivity index (χ4v) is 2.29. The topological polar surface area (TPSA) is 66.4 Å². The summed E-state index contributed by atoms with van der Waals surface area (Å²) in [6.07, 6.45) is 1.99. The Morgan fingerprint density at radius 3 is 2.55 bits per heavy atom. The summed E-state index contributed by atoms with van der Waals surface area (Å²) in [5.41, 5.74) is -0.131. The molecule has 0 saturated heterocycles. The van der Waals surface area contributed by atoms with Crippen LogP contribution in [-0.4, -0.2) is 23.0 Å². The van der Waals surface area contributed by atoms with E-state index in [1.54, 1.807) is 25.1 Å². The van der Waals surface area contributed by atoms with Crippen LogP contribution in [0.15, 0.2) is 24.3 Å². The predicted molar refractivity (Wildman–Crippen MR) is 71.6 cm³/mol. The number of amides is 1. The Balaban J connectivity index is 2.06. The first kappa shape index (κ1) is 14.5. The molecule has 1 aromatic carbocycles. The van der Waals surface area contributed by atoms with Crippen LogP contribution in [0, 0.1) is 11.2 Å². The quantitative estimate of drug-likeness (QED) is 0.838. The first-order chi connectivity index (χ1) is 9.48. The SMILES string of the molecule is CCC(NC(=O)C1(Cc2ccccc2F)CC1)C(=O)O. The van der Waals surface area contributed by atoms with E-state index < -0.39 is 17.4 Å². The van der Waals surface area contributed by atoms with Gasteiger partial charge in [-0.3, -0.25) is 4.79 Å². The van der Waals surface area contributed by atoms with Gasteiger partial charge in [-0.1, -0.05) is 25.1 Å². The van der Waals surface area contributed by atoms with Crippen LogP contribution in [0.25, 0.3) is 0 Å². The predicted octanol–water partition coefficient (Wildman–Crippen LogP) is 2.13. The second-order valence-electron chi connectivity index (χ2n) is 5.32. The molecule has 1 aromatic rings. The normalized spacial score (nSPS) is 17.3. The van der Waals surface area contributed by atoms with Crippen molar-refractivity contribution in [2.24, 2.45) is 5.41 Å². The molecule has 108 valence electrons. The Morgan fingerprint density at radius 1 is 1.40 bits per heavy atom. The lowest BCUT2D eigenvalue weighted by Gasteiger charge is -2.19. The fraction of sp³-hybridized carbons (Fsp3) is 0.467. The van der Waals surface area contributed by atoms with E-state index in [1.165, 1.54) is 6.07 Å². The van der Waals surface area contributed by atoms with Gasteiger partial charge in [0.05, 0.1) is 5.41 Å². The van der Waals surface area contributed by atoms with Crippen LogP contribution < -0.4 is 5.32 Å². The van der Waals surface area contributed by atoms with Crippen molar-refractivity contribution in [2.45, 2.75) is 38.6 Å². The monoisotopic (exact) mass is 279 g/mol. The van der Waals surface area contributed by atoms with Crippen molar-refractivity contribution in [1.82, 2.24) is 5.32 Å². The third-order valence-electron chi connectivity index (χ3n) is 3.83. The maximum absolute atomic E-state index is 13.6. The summed E-state index contributed by atoms with van der Waals surface area (Å²) in [5, 5.41) is 11.5. The van der Waals surface area contributed by atoms with E-state index in [9.17, 15) is 14.0 Å². The van der Waals surface area contributed by atoms with Crippen LogP contribution in [0.1, 0.15) is 31.7 Å². The number of carboxylic acid groups (broad SMARTS) is 1. The number of carbonyl (C=O) groups excluding carboxylic acids is 1. The zero-order valence-corrected chi connectivity index (χ0v) is 11.4. The van der Waals surface area contributed by atoms with E-state index in [0.717, 1.165) is 0 Å². The second kappa shape index (κ2) is 5.61. The van der Waals surface area contributed by atoms with E-state index in [4.69, 9.17) is 5.11 Å². The molecule has 2 rings (SSSR count). The molecule has 1 amide bonds. The number of aliphatic carboxylic acids is 1. The summed E-state index contributed by atoms with van der Waals surface area (Å²) >= 11 is 0. The molecule has 1 aliphatic carbocycles. The maximum atomic E-state index is 13.6. The van der Waals surface area contributed by atoms with Crippen molar-refractivity contribution in [2.75, 3.05) is 0 Å². The highest BCUT2D eigenvalue weighted by molar-refractivity contribution is 5.89. The molecule has 2 N–H and O–H groups in total. The first-order valence-electron chi connectivity index (χ1n) is 6.76. The smallest absolute Gasteiger partial charge is 0.326 e. The van der Waals surface area contributed by atoms with E-state index in [0.29, 0.717) is 31.2 Å². The maximum Gasteiger partial charge on any atom is 0.326 e. The largest absolute Gasteiger partial charge is 0.480 e. The van der Waals surface area contributed by atoms with Crippen LogP contribution in [0.5, 0.6) is 0 Å². The molecular weight excluding hydrogens is 261 g/mol. The standard InChI is InChI=1S/C15H18FNO3/c1-2-12(13(18)19)17-14(20)15(7-8-15)9-10-5-3-4-6-11(10)16/h3-6,12H,2,7-9H2,1H3,(H,17,20)(H,18,19). The molecule has 1 aliphatic rings. The van der Waals surface area contributed by atoms with Gasteiger partial charge in [0.2, 0.25) is 5.91 Å². The summed E-state index contributed by atoms with van der Waals surface area (Å²) in [6.45, 7) is 1.70. The van der Waals surface area contributed by atoms with Crippen molar-refractivity contribution in [3.05, 3.63) is 35.6 Å². The van der Waals surface area contributed by atoms with Crippen LogP contribution in [0.4, 0.5) is 4.39 Å². The number of hydrogen-bond acceptors (Lipinski definition) is 2. The Labute approximate surface area is 117 Å². The number of carbonyl (C=O) groups is 2. The fourth-order valence-electron chi connectivity index (χ4n) is 2.29. The van der Waals surface area contributed by atoms with E-state index in [2.05, 4.69) is 5.32 Å². The van der Waals surface area contributed by atoms with Gasteiger partial charge < -0.3 is 10.4 Å². The van der Waals surface area contributed by atoms with Crippen LogP contribution in [0.2, 0.25) is 0 Å². The molecule has 0 heterocycles. The van der Waals surface area contributed by atoms with Crippen molar-refractivity contribution in [1.29, 1.82) is 0 Å². The lowest BCUT2D eigenvalue weighted by Crippen LogP contribution is -2.44. The van der Waals surface area contributed by atoms with Crippen molar-refractivity contribution in [3.63, 3.8) is 0 Å². The minimum atomic E-state index is -1.04. The summed E-state index contributed by atoms with van der Waals surface area (Å²) < 4.78 is 13.6. The van der Waals surface area contributed by atoms with Gasteiger partial charge in [-0.2, -0.15) is 0 Å². The van der Waals surface area contributed by atoms with E-state index >= 15 is 0 Å². The zero-order chi connectivity index (χ0) is 14.8. The third kappa shape index (κ3) is 2.98. The van der Waals surface area contributed by atoms with Gasteiger partial charge in [-0.25, -0.2) is 9.18 Å². The zero-order valence-electron chi connectivity index (χ0n) is 11.4. The number of halogens is 1. The lowest BCUT2D eigenvalue weighted by atomic mass is 9.94. The number of benzene rings is 1. The summed E-state index contributed by atoms with van der Waals surface area (Å²) in [4.78, 5) is 23.2. The number of carboxylic acids is 1. The molecule has 5 heteroatoms. The van der Waals surface area contributed by atoms with Gasteiger partial charge >= 0.3 is 5.97 Å². The van der Waals surface area contributed by atoms with Gasteiger partial charge in [-0.05, 0) is 37.3 Å². The molecule has 0 bridgehead atoms. The van der Waals surface area contributed by atoms with Crippen LogP contribution in [-0.2, 0) is 16.0 Å². The summed E-state index contributed by atoms with van der Waals surface area (Å²) in [7, 11) is 0. The van der Waals surface area contributed by atoms with E-state index in [-0.39, 0.29) is 11.7 Å². The summed E-state index contributed by atoms with van der Waals surface area (Å²) in [5.74, 6) is -1.64. The second-order valence-corrected chi connectivity index (χ2v) is 5.32. The minimum Gasteiger partial charge on any atom is -0.480 e. The van der Waals surface area contributed by atoms with Crippen LogP contribution >= 0.6 is 0 Å². The first-order valence-corrected chi connectivity index (χ1v) is 6.76. The highest BCUT2D eigenvalue weighted by Crippen LogP contribution is 2.49. The van der Waals surface area contributed by atoms with Gasteiger partial charge in [0.1, 0.15) is 11.9 Å². The van der Waals surface area contributed by atoms with Crippen molar-refractivity contribution >= 4 is 11.9 Å². The van der Waals surface area contributed by atoms with E-state index in [1.807, 2.05) is 0 Å². The molecular formula is C15H18FNO3. The molecule has 1 atom stereocenters. The highest BCUT2D eigenvalue weighted by atomic mass is 19.1. The Morgan fingerprint density at radius 2 is 2.05 bits per heavy atom. The average molecular weight is 279 g/mol. The van der Waals surface area contributed by atoms with Gasteiger partial charge in [0.15, 0.2) is 0 Å². The molecule has 4 nitrogen and oxygen atoms in total. The minimum absolute atomic E-state index is 0.282. The third-order valence-corrected chi connectivity index (χ3v) is 3.83. The lowest BCUT2D eigenvalue weighted by molar-refractivity contribution is -0.142. The highest BCUT2D eigenvalue weighted by Gasteiger charge is 2.50. The molecule has 1 unspecified atom stereocenters. The molecule has 0 spiro atoms. The van der Waals surface area contributed by atoms with Gasteiger partial charge in [-0.15, -0.1) is 0 Å². The molecule has 0 radical (unpaired) electrons. The molecule has 0 aromatic heterocycles. The Bertz CT molecular complexity index is 526. The molecule has 1 fully saturated rings. The van der Waals surface area contributed by atoms with Crippen molar-refractivity contribution in [3.8, 4) is 0 Å². The average Bonchev–Trinajstić information content (AvgIpc) is 3.19. The number of rotatable bonds is 6. The molecule has 0 aliphatic heterocycles. The van der Waals surface area contributed by atoms with Gasteiger partial charge in [0.25, 0.3) is 0 Å². The summed E-state index contributed by atoms with van der Waals surface area (Å²) in [6, 6.07) is 5.50. The number of nitrogens with one attached hydrogen (secondary N) is 1. The van der Waals surface area contributed by atoms with Crippen LogP contribution in [0.3, 0.4) is 0 Å². The molecule has 20 heavy (non-hydrogen) atoms. The molecule has 1 saturated carbocycles. The number of hydrogen-bond donors (Lipinski definition) is 2.